The largest absolute Gasteiger partial charge is 0.387 e. The van der Waals surface area contributed by atoms with E-state index in [9.17, 15) is 4.39 Å². The maximum absolute atomic E-state index is 13.6. The van der Waals surface area contributed by atoms with Crippen molar-refractivity contribution in [3.8, 4) is 11.1 Å². The first kappa shape index (κ1) is 12.3. The van der Waals surface area contributed by atoms with Gasteiger partial charge in [0.05, 0.1) is 5.84 Å². The molecule has 3 heteroatoms. The normalized spacial score (nSPS) is 12.1. The van der Waals surface area contributed by atoms with Crippen molar-refractivity contribution < 1.29 is 4.39 Å². The highest BCUT2D eigenvalue weighted by Gasteiger charge is 2.09. The Labute approximate surface area is 106 Å². The van der Waals surface area contributed by atoms with Crippen LogP contribution < -0.4 is 5.73 Å². The molecule has 0 bridgehead atoms. The molecule has 0 fully saturated rings. The van der Waals surface area contributed by atoms with E-state index in [0.717, 1.165) is 11.1 Å². The summed E-state index contributed by atoms with van der Waals surface area (Å²) in [6.07, 6.45) is 0. The van der Waals surface area contributed by atoms with Crippen LogP contribution in [0.2, 0.25) is 0 Å². The molecule has 0 spiro atoms. The van der Waals surface area contributed by atoms with Gasteiger partial charge in [0.2, 0.25) is 0 Å². The molecule has 0 aliphatic heterocycles. The van der Waals surface area contributed by atoms with E-state index in [1.165, 1.54) is 6.07 Å². The predicted molar refractivity (Wildman–Crippen MR) is 72.2 cm³/mol. The molecule has 0 saturated carbocycles. The molecule has 0 heterocycles. The molecule has 0 aliphatic carbocycles. The number of rotatable bonds is 3. The maximum Gasteiger partial charge on any atom is 0.131 e. The van der Waals surface area contributed by atoms with Crippen LogP contribution in [0.4, 0.5) is 4.39 Å². The summed E-state index contributed by atoms with van der Waals surface area (Å²) in [5.74, 6) is -0.210. The molecule has 2 aromatic carbocycles. The minimum Gasteiger partial charge on any atom is -0.387 e. The van der Waals surface area contributed by atoms with Gasteiger partial charge in [0.1, 0.15) is 5.82 Å². The molecule has 92 valence electrons. The van der Waals surface area contributed by atoms with Gasteiger partial charge in [-0.25, -0.2) is 4.39 Å². The highest BCUT2D eigenvalue weighted by Crippen LogP contribution is 2.24. The van der Waals surface area contributed by atoms with Gasteiger partial charge >= 0.3 is 0 Å². The molecule has 1 unspecified atom stereocenters. The molecule has 1 atom stereocenters. The van der Waals surface area contributed by atoms with Crippen molar-refractivity contribution in [2.45, 2.75) is 12.8 Å². The average molecular weight is 242 g/mol. The lowest BCUT2D eigenvalue weighted by Crippen LogP contribution is -2.17. The number of benzene rings is 2. The van der Waals surface area contributed by atoms with Crippen molar-refractivity contribution in [3.05, 3.63) is 59.9 Å². The third kappa shape index (κ3) is 2.40. The number of halogens is 1. The lowest BCUT2D eigenvalue weighted by Gasteiger charge is -2.11. The van der Waals surface area contributed by atoms with E-state index >= 15 is 0 Å². The molecule has 2 aromatic rings. The molecular weight excluding hydrogens is 227 g/mol. The van der Waals surface area contributed by atoms with Crippen LogP contribution in [0, 0.1) is 11.2 Å². The summed E-state index contributed by atoms with van der Waals surface area (Å²) >= 11 is 0. The summed E-state index contributed by atoms with van der Waals surface area (Å²) in [6.45, 7) is 1.88. The van der Waals surface area contributed by atoms with Crippen LogP contribution in [0.15, 0.2) is 48.5 Å². The van der Waals surface area contributed by atoms with E-state index in [4.69, 9.17) is 11.1 Å². The van der Waals surface area contributed by atoms with Gasteiger partial charge in [0.25, 0.3) is 0 Å². The standard InChI is InChI=1S/C15H15FN2/c1-10(15(17)18)11-6-8-12(9-7-11)13-4-2-3-5-14(13)16/h2-10H,1H3,(H3,17,18). The van der Waals surface area contributed by atoms with Gasteiger partial charge in [-0.2, -0.15) is 0 Å². The molecule has 0 amide bonds. The van der Waals surface area contributed by atoms with E-state index in [2.05, 4.69) is 0 Å². The quantitative estimate of drug-likeness (QED) is 0.627. The number of nitrogens with one attached hydrogen (secondary N) is 1. The first-order valence-electron chi connectivity index (χ1n) is 5.78. The van der Waals surface area contributed by atoms with E-state index in [-0.39, 0.29) is 17.6 Å². The Morgan fingerprint density at radius 1 is 1.11 bits per heavy atom. The second-order valence-electron chi connectivity index (χ2n) is 4.28. The van der Waals surface area contributed by atoms with Gasteiger partial charge in [-0.15, -0.1) is 0 Å². The number of hydrogen-bond donors (Lipinski definition) is 2. The Morgan fingerprint density at radius 3 is 2.28 bits per heavy atom. The minimum atomic E-state index is -0.232. The third-order valence-electron chi connectivity index (χ3n) is 3.06. The summed E-state index contributed by atoms with van der Waals surface area (Å²) < 4.78 is 13.6. The minimum absolute atomic E-state index is 0.111. The Balaban J connectivity index is 2.34. The van der Waals surface area contributed by atoms with Crippen molar-refractivity contribution in [2.24, 2.45) is 5.73 Å². The Bertz CT molecular complexity index is 561. The SMILES string of the molecule is CC(C(=N)N)c1ccc(-c2ccccc2F)cc1. The van der Waals surface area contributed by atoms with E-state index in [1.54, 1.807) is 12.1 Å². The fourth-order valence-corrected chi connectivity index (χ4v) is 1.83. The van der Waals surface area contributed by atoms with Gasteiger partial charge in [-0.3, -0.25) is 5.41 Å². The van der Waals surface area contributed by atoms with Crippen molar-refractivity contribution in [2.75, 3.05) is 0 Å². The van der Waals surface area contributed by atoms with Gasteiger partial charge in [-0.05, 0) is 17.2 Å². The second kappa shape index (κ2) is 5.00. The molecule has 0 saturated heterocycles. The molecule has 0 aliphatic rings. The van der Waals surface area contributed by atoms with Gasteiger partial charge in [-0.1, -0.05) is 49.4 Å². The Kier molecular flexibility index (Phi) is 3.42. The second-order valence-corrected chi connectivity index (χ2v) is 4.28. The molecule has 0 radical (unpaired) electrons. The van der Waals surface area contributed by atoms with Crippen LogP contribution >= 0.6 is 0 Å². The van der Waals surface area contributed by atoms with Crippen molar-refractivity contribution in [1.82, 2.24) is 0 Å². The summed E-state index contributed by atoms with van der Waals surface area (Å²) in [7, 11) is 0. The van der Waals surface area contributed by atoms with Crippen LogP contribution in [0.5, 0.6) is 0 Å². The monoisotopic (exact) mass is 242 g/mol. The Hall–Kier alpha value is -2.16. The van der Waals surface area contributed by atoms with Crippen LogP contribution in [0.3, 0.4) is 0 Å². The zero-order chi connectivity index (χ0) is 13.1. The number of amidine groups is 1. The van der Waals surface area contributed by atoms with Crippen molar-refractivity contribution >= 4 is 5.84 Å². The zero-order valence-corrected chi connectivity index (χ0v) is 10.2. The van der Waals surface area contributed by atoms with Gasteiger partial charge in [0.15, 0.2) is 0 Å². The molecule has 3 N–H and O–H groups in total. The molecule has 2 nitrogen and oxygen atoms in total. The fourth-order valence-electron chi connectivity index (χ4n) is 1.83. The van der Waals surface area contributed by atoms with Crippen LogP contribution in [-0.4, -0.2) is 5.84 Å². The molecule has 0 aromatic heterocycles. The van der Waals surface area contributed by atoms with Crippen LogP contribution in [0.1, 0.15) is 18.4 Å². The fraction of sp³-hybridized carbons (Fsp3) is 0.133. The van der Waals surface area contributed by atoms with E-state index in [0.29, 0.717) is 5.56 Å². The van der Waals surface area contributed by atoms with Crippen molar-refractivity contribution in [1.29, 1.82) is 5.41 Å². The van der Waals surface area contributed by atoms with E-state index < -0.39 is 0 Å². The summed E-state index contributed by atoms with van der Waals surface area (Å²) in [4.78, 5) is 0. The predicted octanol–water partition coefficient (Wildman–Crippen LogP) is 3.53. The van der Waals surface area contributed by atoms with Crippen molar-refractivity contribution in [3.63, 3.8) is 0 Å². The average Bonchev–Trinajstić information content (AvgIpc) is 2.38. The van der Waals surface area contributed by atoms with E-state index in [1.807, 2.05) is 37.3 Å². The lowest BCUT2D eigenvalue weighted by molar-refractivity contribution is 0.631. The number of hydrogen-bond acceptors (Lipinski definition) is 1. The third-order valence-corrected chi connectivity index (χ3v) is 3.06. The first-order valence-corrected chi connectivity index (χ1v) is 5.78. The maximum atomic E-state index is 13.6. The summed E-state index contributed by atoms with van der Waals surface area (Å²) in [6, 6.07) is 14.2. The smallest absolute Gasteiger partial charge is 0.131 e. The number of nitrogens with two attached hydrogens (primary N) is 1. The molecule has 2 rings (SSSR count). The highest BCUT2D eigenvalue weighted by molar-refractivity contribution is 5.84. The Morgan fingerprint density at radius 2 is 1.72 bits per heavy atom. The molecule has 18 heavy (non-hydrogen) atoms. The topological polar surface area (TPSA) is 49.9 Å². The first-order chi connectivity index (χ1) is 8.59. The lowest BCUT2D eigenvalue weighted by atomic mass is 9.97. The highest BCUT2D eigenvalue weighted by atomic mass is 19.1. The molecular formula is C15H15FN2. The summed E-state index contributed by atoms with van der Waals surface area (Å²) in [5.41, 5.74) is 7.83. The van der Waals surface area contributed by atoms with Gasteiger partial charge in [0, 0.05) is 11.5 Å². The van der Waals surface area contributed by atoms with Crippen LogP contribution in [0.25, 0.3) is 11.1 Å². The zero-order valence-electron chi connectivity index (χ0n) is 10.2. The summed E-state index contributed by atoms with van der Waals surface area (Å²) in [5, 5.41) is 7.41. The van der Waals surface area contributed by atoms with Gasteiger partial charge < -0.3 is 5.73 Å². The van der Waals surface area contributed by atoms with Crippen LogP contribution in [-0.2, 0) is 0 Å².